The van der Waals surface area contributed by atoms with E-state index in [0.29, 0.717) is 36.2 Å². The Morgan fingerprint density at radius 2 is 2.03 bits per heavy atom. The SMILES string of the molecule is COC1CCCN(CC(O)CN2CCN(C(=O)/C=C/c3ccc(Cl)c(Cl)c3)CCC2=O)C1. The van der Waals surface area contributed by atoms with Crippen molar-refractivity contribution in [1.82, 2.24) is 14.7 Å². The van der Waals surface area contributed by atoms with Crippen molar-refractivity contribution in [1.29, 1.82) is 0 Å². The molecule has 1 aromatic rings. The van der Waals surface area contributed by atoms with Crippen molar-refractivity contribution in [3.05, 3.63) is 39.9 Å². The molecule has 9 heteroatoms. The number of halogens is 2. The number of β-amino-alcohol motifs (C(OH)–C–C–N with tert-alkyl or cyclic N) is 1. The van der Waals surface area contributed by atoms with Crippen molar-refractivity contribution in [2.24, 2.45) is 0 Å². The monoisotopic (exact) mass is 483 g/mol. The smallest absolute Gasteiger partial charge is 0.246 e. The normalized spacial score (nSPS) is 21.8. The summed E-state index contributed by atoms with van der Waals surface area (Å²) in [5.74, 6) is -0.202. The third-order valence-corrected chi connectivity index (χ3v) is 6.70. The number of methoxy groups -OCH3 is 1. The lowest BCUT2D eigenvalue weighted by Gasteiger charge is -2.34. The van der Waals surface area contributed by atoms with E-state index in [0.717, 1.165) is 31.5 Å². The van der Waals surface area contributed by atoms with Gasteiger partial charge in [0.25, 0.3) is 0 Å². The molecule has 7 nitrogen and oxygen atoms in total. The van der Waals surface area contributed by atoms with E-state index in [4.69, 9.17) is 27.9 Å². The minimum atomic E-state index is -0.633. The van der Waals surface area contributed by atoms with E-state index < -0.39 is 6.10 Å². The van der Waals surface area contributed by atoms with Gasteiger partial charge in [0.2, 0.25) is 11.8 Å². The van der Waals surface area contributed by atoms with E-state index in [1.165, 1.54) is 6.08 Å². The largest absolute Gasteiger partial charge is 0.390 e. The number of ether oxygens (including phenoxy) is 1. The number of benzene rings is 1. The fourth-order valence-electron chi connectivity index (χ4n) is 4.15. The van der Waals surface area contributed by atoms with Crippen LogP contribution in [0.2, 0.25) is 10.0 Å². The number of aliphatic hydroxyl groups excluding tert-OH is 1. The van der Waals surface area contributed by atoms with Crippen molar-refractivity contribution in [3.8, 4) is 0 Å². The third kappa shape index (κ3) is 7.18. The fraction of sp³-hybridized carbons (Fsp3) is 0.565. The Balaban J connectivity index is 1.50. The molecule has 0 spiro atoms. The first-order chi connectivity index (χ1) is 15.4. The van der Waals surface area contributed by atoms with Crippen molar-refractivity contribution in [3.63, 3.8) is 0 Å². The zero-order chi connectivity index (χ0) is 23.1. The second-order valence-electron chi connectivity index (χ2n) is 8.34. The summed E-state index contributed by atoms with van der Waals surface area (Å²) in [5, 5.41) is 11.5. The summed E-state index contributed by atoms with van der Waals surface area (Å²) in [6, 6.07) is 5.16. The maximum Gasteiger partial charge on any atom is 0.246 e. The number of hydrogen-bond acceptors (Lipinski definition) is 5. The zero-order valence-corrected chi connectivity index (χ0v) is 19.9. The number of likely N-dealkylation sites (tertiary alicyclic amines) is 1. The Kier molecular flexibility index (Phi) is 9.37. The van der Waals surface area contributed by atoms with Crippen LogP contribution in [0.15, 0.2) is 24.3 Å². The van der Waals surface area contributed by atoms with Crippen molar-refractivity contribution < 1.29 is 19.4 Å². The first kappa shape index (κ1) is 25.0. The lowest BCUT2D eigenvalue weighted by molar-refractivity contribution is -0.132. The summed E-state index contributed by atoms with van der Waals surface area (Å²) in [4.78, 5) is 30.7. The van der Waals surface area contributed by atoms with Crippen LogP contribution < -0.4 is 0 Å². The number of carbonyl (C=O) groups is 2. The van der Waals surface area contributed by atoms with Gasteiger partial charge in [0.1, 0.15) is 0 Å². The molecule has 32 heavy (non-hydrogen) atoms. The molecule has 2 atom stereocenters. The predicted octanol–water partition coefficient (Wildman–Crippen LogP) is 2.54. The molecule has 2 aliphatic heterocycles. The molecule has 2 unspecified atom stereocenters. The van der Waals surface area contributed by atoms with Crippen LogP contribution in [0, 0.1) is 0 Å². The Morgan fingerprint density at radius 3 is 2.78 bits per heavy atom. The molecule has 3 rings (SSSR count). The molecule has 1 N–H and O–H groups in total. The molecule has 176 valence electrons. The molecule has 0 saturated carbocycles. The average Bonchev–Trinajstić information content (AvgIpc) is 2.96. The Morgan fingerprint density at radius 1 is 1.22 bits per heavy atom. The first-order valence-electron chi connectivity index (χ1n) is 11.0. The Labute approximate surface area is 199 Å². The highest BCUT2D eigenvalue weighted by molar-refractivity contribution is 6.42. The summed E-state index contributed by atoms with van der Waals surface area (Å²) in [6.07, 6.45) is 5.06. The lowest BCUT2D eigenvalue weighted by atomic mass is 10.1. The van der Waals surface area contributed by atoms with Crippen LogP contribution in [-0.4, -0.2) is 96.8 Å². The Bertz CT molecular complexity index is 835. The molecular formula is C23H31Cl2N3O4. The number of rotatable bonds is 7. The predicted molar refractivity (Wildman–Crippen MR) is 126 cm³/mol. The van der Waals surface area contributed by atoms with Crippen LogP contribution in [0.3, 0.4) is 0 Å². The highest BCUT2D eigenvalue weighted by Gasteiger charge is 2.26. The van der Waals surface area contributed by atoms with Crippen molar-refractivity contribution in [2.45, 2.75) is 31.5 Å². The summed E-state index contributed by atoms with van der Waals surface area (Å²) < 4.78 is 5.44. The number of amides is 2. The van der Waals surface area contributed by atoms with E-state index in [1.807, 2.05) is 0 Å². The quantitative estimate of drug-likeness (QED) is 0.603. The number of nitrogens with zero attached hydrogens (tertiary/aromatic N) is 3. The molecular weight excluding hydrogens is 453 g/mol. The van der Waals surface area contributed by atoms with Crippen molar-refractivity contribution in [2.75, 3.05) is 52.9 Å². The average molecular weight is 484 g/mol. The second-order valence-corrected chi connectivity index (χ2v) is 9.15. The van der Waals surface area contributed by atoms with Gasteiger partial charge in [-0.05, 0) is 43.2 Å². The maximum atomic E-state index is 12.6. The summed E-state index contributed by atoms with van der Waals surface area (Å²) in [6.45, 7) is 3.71. The highest BCUT2D eigenvalue weighted by atomic mass is 35.5. The molecule has 2 aliphatic rings. The first-order valence-corrected chi connectivity index (χ1v) is 11.7. The molecule has 2 heterocycles. The maximum absolute atomic E-state index is 12.6. The van der Waals surface area contributed by atoms with Crippen LogP contribution in [0.1, 0.15) is 24.8 Å². The van der Waals surface area contributed by atoms with Gasteiger partial charge in [-0.25, -0.2) is 0 Å². The molecule has 2 saturated heterocycles. The van der Waals surface area contributed by atoms with E-state index in [-0.39, 0.29) is 30.9 Å². The van der Waals surface area contributed by atoms with Crippen LogP contribution in [0.5, 0.6) is 0 Å². The second kappa shape index (κ2) is 12.0. The fourth-order valence-corrected chi connectivity index (χ4v) is 4.46. The van der Waals surface area contributed by atoms with Gasteiger partial charge in [0, 0.05) is 58.9 Å². The summed E-state index contributed by atoms with van der Waals surface area (Å²) >= 11 is 11.9. The number of carbonyl (C=O) groups excluding carboxylic acids is 2. The van der Waals surface area contributed by atoms with Crippen LogP contribution in [-0.2, 0) is 14.3 Å². The third-order valence-electron chi connectivity index (χ3n) is 5.96. The van der Waals surface area contributed by atoms with Crippen molar-refractivity contribution >= 4 is 41.1 Å². The summed E-state index contributed by atoms with van der Waals surface area (Å²) in [5.41, 5.74) is 0.775. The van der Waals surface area contributed by atoms with Gasteiger partial charge in [-0.1, -0.05) is 29.3 Å². The molecule has 0 bridgehead atoms. The Hall–Kier alpha value is -1.64. The molecule has 1 aromatic carbocycles. The van der Waals surface area contributed by atoms with Crippen LogP contribution in [0.4, 0.5) is 0 Å². The number of aliphatic hydroxyl groups is 1. The van der Waals surface area contributed by atoms with Gasteiger partial charge in [-0.2, -0.15) is 0 Å². The number of hydrogen-bond donors (Lipinski definition) is 1. The molecule has 2 fully saturated rings. The zero-order valence-electron chi connectivity index (χ0n) is 18.4. The lowest BCUT2D eigenvalue weighted by Crippen LogP contribution is -2.47. The highest BCUT2D eigenvalue weighted by Crippen LogP contribution is 2.23. The minimum Gasteiger partial charge on any atom is -0.390 e. The molecule has 0 aliphatic carbocycles. The van der Waals surface area contributed by atoms with E-state index in [1.54, 1.807) is 41.2 Å². The summed E-state index contributed by atoms with van der Waals surface area (Å²) in [7, 11) is 1.72. The van der Waals surface area contributed by atoms with Gasteiger partial charge >= 0.3 is 0 Å². The van der Waals surface area contributed by atoms with E-state index in [2.05, 4.69) is 4.90 Å². The minimum absolute atomic E-state index is 0.0405. The molecule has 0 radical (unpaired) electrons. The molecule has 2 amide bonds. The van der Waals surface area contributed by atoms with Gasteiger partial charge in [-0.15, -0.1) is 0 Å². The molecule has 0 aromatic heterocycles. The van der Waals surface area contributed by atoms with Crippen LogP contribution in [0.25, 0.3) is 6.08 Å². The topological polar surface area (TPSA) is 73.3 Å². The standard InChI is InChI=1S/C23H31Cl2N3O4/c1-32-19-3-2-9-26(16-19)14-18(29)15-28-12-11-27(10-8-23(28)31)22(30)7-5-17-4-6-20(24)21(25)13-17/h4-7,13,18-19,29H,2-3,8-12,14-16H2,1H3/b7-5+. The van der Waals surface area contributed by atoms with E-state index in [9.17, 15) is 14.7 Å². The van der Waals surface area contributed by atoms with Gasteiger partial charge in [0.05, 0.1) is 22.3 Å². The van der Waals surface area contributed by atoms with Crippen LogP contribution >= 0.6 is 23.2 Å². The van der Waals surface area contributed by atoms with Gasteiger partial charge in [-0.3, -0.25) is 14.5 Å². The number of piperidine rings is 1. The van der Waals surface area contributed by atoms with E-state index >= 15 is 0 Å². The van der Waals surface area contributed by atoms with Gasteiger partial charge in [0.15, 0.2) is 0 Å². The van der Waals surface area contributed by atoms with Gasteiger partial charge < -0.3 is 19.6 Å².